The van der Waals surface area contributed by atoms with E-state index in [0.717, 1.165) is 37.4 Å². The molecule has 1 aromatic carbocycles. The lowest BCUT2D eigenvalue weighted by atomic mass is 10.0. The third-order valence-electron chi connectivity index (χ3n) is 3.89. The smallest absolute Gasteiger partial charge is 0.134 e. The van der Waals surface area contributed by atoms with Gasteiger partial charge in [-0.05, 0) is 25.8 Å². The second kappa shape index (κ2) is 5.35. The highest BCUT2D eigenvalue weighted by molar-refractivity contribution is 5.82. The molecule has 0 saturated carbocycles. The Morgan fingerprint density at radius 2 is 2.21 bits per heavy atom. The number of benzene rings is 1. The molecule has 0 radical (unpaired) electrons. The van der Waals surface area contributed by atoms with Crippen LogP contribution in [0.3, 0.4) is 0 Å². The lowest BCUT2D eigenvalue weighted by Gasteiger charge is -2.17. The molecule has 2 aromatic rings. The first-order chi connectivity index (χ1) is 9.29. The minimum atomic E-state index is 0.231. The van der Waals surface area contributed by atoms with E-state index in [4.69, 9.17) is 9.15 Å². The van der Waals surface area contributed by atoms with Crippen molar-refractivity contribution in [1.29, 1.82) is 0 Å². The van der Waals surface area contributed by atoms with Crippen molar-refractivity contribution in [1.82, 2.24) is 5.32 Å². The summed E-state index contributed by atoms with van der Waals surface area (Å²) in [5.41, 5.74) is 2.32. The highest BCUT2D eigenvalue weighted by Crippen LogP contribution is 2.30. The van der Waals surface area contributed by atoms with E-state index in [2.05, 4.69) is 31.3 Å². The normalized spacial score (nSPS) is 21.1. The molecule has 2 heterocycles. The Morgan fingerprint density at radius 3 is 2.95 bits per heavy atom. The van der Waals surface area contributed by atoms with Crippen molar-refractivity contribution in [3.8, 4) is 0 Å². The Hall–Kier alpha value is -1.32. The van der Waals surface area contributed by atoms with Gasteiger partial charge >= 0.3 is 0 Å². The molecule has 1 aliphatic heterocycles. The molecule has 0 spiro atoms. The standard InChI is InChI=1S/C16H21NO2/c1-3-13-14-6-4-5-7-15(14)19-16(13)11(2)17-12-8-9-18-10-12/h4-7,11-12,17H,3,8-10H2,1-2H3. The van der Waals surface area contributed by atoms with Crippen LogP contribution in [-0.2, 0) is 11.2 Å². The van der Waals surface area contributed by atoms with Crippen molar-refractivity contribution in [3.05, 3.63) is 35.6 Å². The molecule has 1 saturated heterocycles. The van der Waals surface area contributed by atoms with Crippen LogP contribution in [0.15, 0.2) is 28.7 Å². The Balaban J connectivity index is 1.90. The summed E-state index contributed by atoms with van der Waals surface area (Å²) in [6.07, 6.45) is 2.09. The van der Waals surface area contributed by atoms with Crippen LogP contribution in [0.5, 0.6) is 0 Å². The summed E-state index contributed by atoms with van der Waals surface area (Å²) in [4.78, 5) is 0. The number of hydrogen-bond donors (Lipinski definition) is 1. The minimum Gasteiger partial charge on any atom is -0.459 e. The predicted octanol–water partition coefficient (Wildman–Crippen LogP) is 3.43. The van der Waals surface area contributed by atoms with Crippen molar-refractivity contribution in [2.75, 3.05) is 13.2 Å². The molecule has 1 aromatic heterocycles. The van der Waals surface area contributed by atoms with E-state index in [1.54, 1.807) is 0 Å². The SMILES string of the molecule is CCc1c(C(C)NC2CCOC2)oc2ccccc12. The van der Waals surface area contributed by atoms with Gasteiger partial charge in [0.15, 0.2) is 0 Å². The average Bonchev–Trinajstić information content (AvgIpc) is 3.04. The van der Waals surface area contributed by atoms with Gasteiger partial charge in [-0.1, -0.05) is 25.1 Å². The van der Waals surface area contributed by atoms with Crippen molar-refractivity contribution in [2.24, 2.45) is 0 Å². The lowest BCUT2D eigenvalue weighted by molar-refractivity contribution is 0.187. The third-order valence-corrected chi connectivity index (χ3v) is 3.89. The molecule has 0 aliphatic carbocycles. The van der Waals surface area contributed by atoms with Crippen molar-refractivity contribution < 1.29 is 9.15 Å². The van der Waals surface area contributed by atoms with Gasteiger partial charge in [0.05, 0.1) is 12.6 Å². The fourth-order valence-electron chi connectivity index (χ4n) is 2.93. The zero-order valence-corrected chi connectivity index (χ0v) is 11.6. The van der Waals surface area contributed by atoms with Crippen LogP contribution in [0, 0.1) is 0 Å². The number of nitrogens with one attached hydrogen (secondary N) is 1. The maximum Gasteiger partial charge on any atom is 0.134 e. The zero-order valence-electron chi connectivity index (χ0n) is 11.6. The predicted molar refractivity (Wildman–Crippen MR) is 76.4 cm³/mol. The first kappa shape index (κ1) is 12.7. The van der Waals surface area contributed by atoms with Gasteiger partial charge in [0.1, 0.15) is 11.3 Å². The molecular formula is C16H21NO2. The van der Waals surface area contributed by atoms with Crippen molar-refractivity contribution in [3.63, 3.8) is 0 Å². The van der Waals surface area contributed by atoms with E-state index in [1.165, 1.54) is 10.9 Å². The first-order valence-electron chi connectivity index (χ1n) is 7.13. The summed E-state index contributed by atoms with van der Waals surface area (Å²) < 4.78 is 11.5. The molecular weight excluding hydrogens is 238 g/mol. The molecule has 2 atom stereocenters. The topological polar surface area (TPSA) is 34.4 Å². The highest BCUT2D eigenvalue weighted by Gasteiger charge is 2.22. The summed E-state index contributed by atoms with van der Waals surface area (Å²) in [7, 11) is 0. The van der Waals surface area contributed by atoms with Gasteiger partial charge in [0.2, 0.25) is 0 Å². The van der Waals surface area contributed by atoms with E-state index >= 15 is 0 Å². The molecule has 1 N–H and O–H groups in total. The lowest BCUT2D eigenvalue weighted by Crippen LogP contribution is -2.31. The molecule has 1 fully saturated rings. The van der Waals surface area contributed by atoms with E-state index in [-0.39, 0.29) is 6.04 Å². The van der Waals surface area contributed by atoms with E-state index in [9.17, 15) is 0 Å². The summed E-state index contributed by atoms with van der Waals surface area (Å²) >= 11 is 0. The largest absolute Gasteiger partial charge is 0.459 e. The maximum atomic E-state index is 6.06. The van der Waals surface area contributed by atoms with E-state index in [0.29, 0.717) is 6.04 Å². The Kier molecular flexibility index (Phi) is 3.58. The van der Waals surface area contributed by atoms with Crippen molar-refractivity contribution >= 4 is 11.0 Å². The maximum absolute atomic E-state index is 6.06. The molecule has 1 aliphatic rings. The molecule has 3 rings (SSSR count). The fourth-order valence-corrected chi connectivity index (χ4v) is 2.93. The van der Waals surface area contributed by atoms with Gasteiger partial charge in [0, 0.05) is 23.6 Å². The number of furan rings is 1. The van der Waals surface area contributed by atoms with Crippen LogP contribution in [-0.4, -0.2) is 19.3 Å². The Morgan fingerprint density at radius 1 is 1.37 bits per heavy atom. The molecule has 0 bridgehead atoms. The highest BCUT2D eigenvalue weighted by atomic mass is 16.5. The van der Waals surface area contributed by atoms with Gasteiger partial charge < -0.3 is 14.5 Å². The van der Waals surface area contributed by atoms with Crippen molar-refractivity contribution in [2.45, 2.75) is 38.8 Å². The third kappa shape index (κ3) is 2.40. The summed E-state index contributed by atoms with van der Waals surface area (Å²) in [5, 5.41) is 4.86. The molecule has 19 heavy (non-hydrogen) atoms. The van der Waals surface area contributed by atoms with Gasteiger partial charge in [-0.25, -0.2) is 0 Å². The molecule has 3 nitrogen and oxygen atoms in total. The number of aryl methyl sites for hydroxylation is 1. The van der Waals surface area contributed by atoms with Crippen LogP contribution < -0.4 is 5.32 Å². The first-order valence-corrected chi connectivity index (χ1v) is 7.13. The average molecular weight is 259 g/mol. The van der Waals surface area contributed by atoms with Crippen LogP contribution in [0.2, 0.25) is 0 Å². The summed E-state index contributed by atoms with van der Waals surface area (Å²) in [6, 6.07) is 8.97. The molecule has 3 heteroatoms. The van der Waals surface area contributed by atoms with Crippen LogP contribution in [0.4, 0.5) is 0 Å². The molecule has 102 valence electrons. The van der Waals surface area contributed by atoms with Crippen LogP contribution >= 0.6 is 0 Å². The van der Waals surface area contributed by atoms with Gasteiger partial charge in [0.25, 0.3) is 0 Å². The van der Waals surface area contributed by atoms with Gasteiger partial charge in [-0.15, -0.1) is 0 Å². The number of rotatable bonds is 4. The van der Waals surface area contributed by atoms with E-state index in [1.807, 2.05) is 12.1 Å². The summed E-state index contributed by atoms with van der Waals surface area (Å²) in [5.74, 6) is 1.08. The van der Waals surface area contributed by atoms with Crippen LogP contribution in [0.25, 0.3) is 11.0 Å². The summed E-state index contributed by atoms with van der Waals surface area (Å²) in [6.45, 7) is 6.04. The second-order valence-corrected chi connectivity index (χ2v) is 5.24. The zero-order chi connectivity index (χ0) is 13.2. The quantitative estimate of drug-likeness (QED) is 0.913. The number of fused-ring (bicyclic) bond motifs is 1. The number of hydrogen-bond acceptors (Lipinski definition) is 3. The minimum absolute atomic E-state index is 0.231. The molecule has 0 amide bonds. The Labute approximate surface area is 113 Å². The van der Waals surface area contributed by atoms with E-state index < -0.39 is 0 Å². The second-order valence-electron chi connectivity index (χ2n) is 5.24. The van der Waals surface area contributed by atoms with Crippen LogP contribution in [0.1, 0.15) is 37.6 Å². The number of ether oxygens (including phenoxy) is 1. The molecule has 2 unspecified atom stereocenters. The fraction of sp³-hybridized carbons (Fsp3) is 0.500. The monoisotopic (exact) mass is 259 g/mol. The number of para-hydroxylation sites is 1. The van der Waals surface area contributed by atoms with Gasteiger partial charge in [-0.2, -0.15) is 0 Å². The Bertz CT molecular complexity index is 555. The van der Waals surface area contributed by atoms with Gasteiger partial charge in [-0.3, -0.25) is 0 Å².